The van der Waals surface area contributed by atoms with Crippen LogP contribution >= 0.6 is 0 Å². The number of benzene rings is 2. The van der Waals surface area contributed by atoms with Crippen molar-refractivity contribution in [1.82, 2.24) is 4.90 Å². The van der Waals surface area contributed by atoms with Crippen molar-refractivity contribution >= 4 is 27.4 Å². The van der Waals surface area contributed by atoms with Gasteiger partial charge in [-0.15, -0.1) is 0 Å². The van der Waals surface area contributed by atoms with Crippen LogP contribution in [0, 0.1) is 19.3 Å². The number of methoxy groups -OCH3 is 1. The number of allylic oxidation sites excluding steroid dienone is 1. The second-order valence-corrected chi connectivity index (χ2v) is 14.4. The molecule has 0 spiro atoms. The van der Waals surface area contributed by atoms with E-state index in [2.05, 4.69) is 0 Å². The Morgan fingerprint density at radius 1 is 1.07 bits per heavy atom. The molecule has 0 bridgehead atoms. The maximum absolute atomic E-state index is 13.5. The lowest BCUT2D eigenvalue weighted by Gasteiger charge is -2.36. The number of rotatable bonds is 7. The van der Waals surface area contributed by atoms with E-state index >= 15 is 0 Å². The van der Waals surface area contributed by atoms with Gasteiger partial charge in [0.05, 0.1) is 24.4 Å². The molecule has 4 rings (SSSR count). The van der Waals surface area contributed by atoms with Crippen molar-refractivity contribution in [3.63, 3.8) is 0 Å². The Morgan fingerprint density at radius 3 is 2.29 bits per heavy atom. The van der Waals surface area contributed by atoms with Gasteiger partial charge >= 0.3 is 27.8 Å². The van der Waals surface area contributed by atoms with Crippen LogP contribution in [0.15, 0.2) is 35.9 Å². The minimum Gasteiger partial charge on any atom is -0.496 e. The van der Waals surface area contributed by atoms with Gasteiger partial charge in [0.15, 0.2) is 0 Å². The number of amides is 1. The molecule has 14 heteroatoms. The molecule has 2 aromatic carbocycles. The fourth-order valence-electron chi connectivity index (χ4n) is 6.09. The van der Waals surface area contributed by atoms with Crippen molar-refractivity contribution < 1.29 is 49.0 Å². The van der Waals surface area contributed by atoms with Crippen LogP contribution in [-0.2, 0) is 20.9 Å². The van der Waals surface area contributed by atoms with Gasteiger partial charge in [0, 0.05) is 19.2 Å². The Kier molecular flexibility index (Phi) is 8.99. The van der Waals surface area contributed by atoms with Gasteiger partial charge < -0.3 is 9.47 Å². The molecule has 0 unspecified atom stereocenters. The molecule has 248 valence electrons. The van der Waals surface area contributed by atoms with Crippen LogP contribution in [-0.4, -0.2) is 51.7 Å². The van der Waals surface area contributed by atoms with Gasteiger partial charge in [0.25, 0.3) is 0 Å². The molecule has 2 aliphatic rings. The van der Waals surface area contributed by atoms with Crippen molar-refractivity contribution in [2.45, 2.75) is 77.7 Å². The number of hydrogen-bond donors (Lipinski definition) is 0. The molecule has 2 aromatic rings. The normalized spacial score (nSPS) is 20.8. The smallest absolute Gasteiger partial charge is 0.496 e. The Hall–Kier alpha value is -3.42. The van der Waals surface area contributed by atoms with Crippen LogP contribution in [0.2, 0.25) is 0 Å². The second-order valence-electron chi connectivity index (χ2n) is 12.5. The van der Waals surface area contributed by atoms with E-state index < -0.39 is 45.5 Å². The van der Waals surface area contributed by atoms with Gasteiger partial charge in [0.2, 0.25) is 0 Å². The highest BCUT2D eigenvalue weighted by Gasteiger charge is 2.49. The third kappa shape index (κ3) is 6.75. The fraction of sp³-hybridized carbons (Fsp3) is 0.516. The van der Waals surface area contributed by atoms with Crippen molar-refractivity contribution in [3.8, 4) is 5.75 Å². The maximum atomic E-state index is 13.5. The van der Waals surface area contributed by atoms with E-state index in [-0.39, 0.29) is 33.1 Å². The van der Waals surface area contributed by atoms with Gasteiger partial charge in [-0.3, -0.25) is 9.21 Å². The second kappa shape index (κ2) is 11.7. The lowest BCUT2D eigenvalue weighted by atomic mass is 9.72. The summed E-state index contributed by atoms with van der Waals surface area (Å²) in [4.78, 5) is 14.6. The highest BCUT2D eigenvalue weighted by atomic mass is 32.2. The van der Waals surface area contributed by atoms with E-state index in [4.69, 9.17) is 9.47 Å². The first-order valence-corrected chi connectivity index (χ1v) is 15.6. The average Bonchev–Trinajstić information content (AvgIpc) is 3.19. The molecule has 7 nitrogen and oxygen atoms in total. The van der Waals surface area contributed by atoms with Gasteiger partial charge in [0.1, 0.15) is 11.9 Å². The van der Waals surface area contributed by atoms with Crippen LogP contribution in [0.4, 0.5) is 36.8 Å². The highest BCUT2D eigenvalue weighted by molar-refractivity contribution is 7.93. The van der Waals surface area contributed by atoms with Crippen LogP contribution < -0.4 is 9.04 Å². The van der Waals surface area contributed by atoms with Crippen LogP contribution in [0.5, 0.6) is 5.75 Å². The van der Waals surface area contributed by atoms with Crippen LogP contribution in [0.1, 0.15) is 74.0 Å². The molecule has 45 heavy (non-hydrogen) atoms. The summed E-state index contributed by atoms with van der Waals surface area (Å²) in [5.41, 5.74) is -4.14. The minimum atomic E-state index is -5.70. The van der Waals surface area contributed by atoms with E-state index in [9.17, 15) is 39.6 Å². The molecule has 1 heterocycles. The average molecular weight is 663 g/mol. The Balaban J connectivity index is 1.79. The van der Waals surface area contributed by atoms with Gasteiger partial charge in [-0.25, -0.2) is 4.79 Å². The Labute approximate surface area is 258 Å². The number of halogens is 6. The topological polar surface area (TPSA) is 76.2 Å². The fourth-order valence-corrected chi connectivity index (χ4v) is 6.86. The first-order chi connectivity index (χ1) is 20.6. The molecule has 0 saturated carbocycles. The number of alkyl halides is 6. The standard InChI is InChI=1S/C31H36F6N2O5S/c1-17-10-20(13-22(11-17)30(32,33)34)27-19(3)39(28(40)44-27)16-21-15-29(4,5)9-8-23(21)24-14-25(18(2)12-26(24)43-7)38(6)45(41,42)31(35,36)37/h10-14,19,27H,8-9,15-16H2,1-7H3/t19-,27-/m0/s1. The van der Waals surface area contributed by atoms with Crippen LogP contribution in [0.25, 0.3) is 5.57 Å². The third-order valence-electron chi connectivity index (χ3n) is 8.51. The largest absolute Gasteiger partial charge is 0.516 e. The summed E-state index contributed by atoms with van der Waals surface area (Å²) in [6, 6.07) is 5.71. The monoisotopic (exact) mass is 662 g/mol. The summed E-state index contributed by atoms with van der Waals surface area (Å²) >= 11 is 0. The zero-order valence-corrected chi connectivity index (χ0v) is 26.8. The summed E-state index contributed by atoms with van der Waals surface area (Å²) in [5, 5.41) is 0. The quantitative estimate of drug-likeness (QED) is 0.280. The van der Waals surface area contributed by atoms with Crippen molar-refractivity contribution in [3.05, 3.63) is 63.7 Å². The molecule has 1 fully saturated rings. The molecule has 1 aliphatic heterocycles. The molecule has 1 amide bonds. The number of nitrogens with zero attached hydrogens (tertiary/aromatic N) is 2. The SMILES string of the molecule is COc1cc(C)c(N(C)S(=O)(=O)C(F)(F)F)cc1C1=C(CN2C(=O)O[C@H](c3cc(C)cc(C(F)(F)F)c3)[C@@H]2C)CC(C)(C)CC1. The first kappa shape index (κ1) is 34.5. The predicted octanol–water partition coefficient (Wildman–Crippen LogP) is 8.16. The minimum absolute atomic E-state index is 0.0380. The van der Waals surface area contributed by atoms with E-state index in [0.29, 0.717) is 41.7 Å². The van der Waals surface area contributed by atoms with Gasteiger partial charge in [-0.1, -0.05) is 25.5 Å². The van der Waals surface area contributed by atoms with Gasteiger partial charge in [-0.05, 0) is 92.0 Å². The number of carbonyl (C=O) groups is 1. The number of sulfonamides is 1. The van der Waals surface area contributed by atoms with Crippen molar-refractivity contribution in [2.75, 3.05) is 25.0 Å². The Bertz CT molecular complexity index is 1630. The molecular formula is C31H36F6N2O5S. The lowest BCUT2D eigenvalue weighted by molar-refractivity contribution is -0.137. The predicted molar refractivity (Wildman–Crippen MR) is 157 cm³/mol. The number of hydrogen-bond acceptors (Lipinski definition) is 5. The lowest BCUT2D eigenvalue weighted by Crippen LogP contribution is -2.38. The molecule has 0 aromatic heterocycles. The number of cyclic esters (lactones) is 1. The first-order valence-electron chi connectivity index (χ1n) is 14.2. The van der Waals surface area contributed by atoms with E-state index in [1.165, 1.54) is 38.0 Å². The molecule has 2 atom stereocenters. The number of ether oxygens (including phenoxy) is 2. The summed E-state index contributed by atoms with van der Waals surface area (Å²) < 4.78 is 117. The van der Waals surface area contributed by atoms with Crippen molar-refractivity contribution in [2.24, 2.45) is 5.41 Å². The summed E-state index contributed by atoms with van der Waals surface area (Å²) in [6.07, 6.45) is -4.66. The van der Waals surface area contributed by atoms with E-state index in [1.54, 1.807) is 13.0 Å². The zero-order valence-electron chi connectivity index (χ0n) is 26.0. The van der Waals surface area contributed by atoms with Crippen molar-refractivity contribution in [1.29, 1.82) is 0 Å². The summed E-state index contributed by atoms with van der Waals surface area (Å²) in [7, 11) is -3.47. The number of aryl methyl sites for hydroxylation is 2. The Morgan fingerprint density at radius 2 is 1.71 bits per heavy atom. The number of anilines is 1. The zero-order chi connectivity index (χ0) is 33.9. The van der Waals surface area contributed by atoms with E-state index in [1.807, 2.05) is 13.8 Å². The summed E-state index contributed by atoms with van der Waals surface area (Å²) in [5.74, 6) is 0.315. The van der Waals surface area contributed by atoms with Gasteiger partial charge in [-0.2, -0.15) is 34.8 Å². The molecular weight excluding hydrogens is 626 g/mol. The molecule has 1 aliphatic carbocycles. The third-order valence-corrected chi connectivity index (χ3v) is 10.0. The molecule has 0 radical (unpaired) electrons. The summed E-state index contributed by atoms with van der Waals surface area (Å²) in [6.45, 7) is 8.79. The highest BCUT2D eigenvalue weighted by Crippen LogP contribution is 2.47. The number of carbonyl (C=O) groups excluding carboxylic acids is 1. The molecule has 0 N–H and O–H groups in total. The van der Waals surface area contributed by atoms with Crippen LogP contribution in [0.3, 0.4) is 0 Å². The van der Waals surface area contributed by atoms with E-state index in [0.717, 1.165) is 24.8 Å². The molecule has 1 saturated heterocycles. The maximum Gasteiger partial charge on any atom is 0.516 e.